The minimum Gasteiger partial charge on any atom is -0.356 e. The van der Waals surface area contributed by atoms with Gasteiger partial charge in [-0.25, -0.2) is 10.3 Å². The lowest BCUT2D eigenvalue weighted by atomic mass is 10.2. The van der Waals surface area contributed by atoms with E-state index in [4.69, 9.17) is 15.3 Å². The predicted octanol–water partition coefficient (Wildman–Crippen LogP) is 2.72. The summed E-state index contributed by atoms with van der Waals surface area (Å²) in [5.74, 6) is 0.966. The van der Waals surface area contributed by atoms with E-state index in [0.717, 1.165) is 22.8 Å². The van der Waals surface area contributed by atoms with Gasteiger partial charge in [0.2, 0.25) is 0 Å². The van der Waals surface area contributed by atoms with Crippen molar-refractivity contribution in [2.24, 2.45) is 0 Å². The molecule has 6 nitrogen and oxygen atoms in total. The number of benzene rings is 3. The third kappa shape index (κ3) is 6.54. The molecule has 0 radical (unpaired) electrons. The summed E-state index contributed by atoms with van der Waals surface area (Å²) in [5.41, 5.74) is 3.23. The smallest absolute Gasteiger partial charge is 0.285 e. The Kier molecular flexibility index (Phi) is 6.69. The van der Waals surface area contributed by atoms with Gasteiger partial charge < -0.3 is 15.3 Å². The van der Waals surface area contributed by atoms with Crippen LogP contribution in [0.1, 0.15) is 5.56 Å². The Hall–Kier alpha value is -3.67. The molecule has 0 aromatic heterocycles. The molecule has 0 fully saturated rings. The van der Waals surface area contributed by atoms with Crippen LogP contribution in [0, 0.1) is 15.3 Å². The van der Waals surface area contributed by atoms with Crippen molar-refractivity contribution in [3.63, 3.8) is 0 Å². The lowest BCUT2D eigenvalue weighted by Crippen LogP contribution is -2.68. The van der Waals surface area contributed by atoms with E-state index in [1.165, 1.54) is 0 Å². The zero-order chi connectivity index (χ0) is 17.9. The standard InChI is InChI=1S/C19H16N2.NO3/c1-4-10-16(11-5-1)19(20-17-12-6-2-7-13-17)21-18-14-8-3-9-15-18;2-1(3)4/h1-15H,(H,20,21);/q;-1/p+1. The largest absolute Gasteiger partial charge is 0.356 e. The van der Waals surface area contributed by atoms with Gasteiger partial charge in [0.15, 0.2) is 0 Å². The van der Waals surface area contributed by atoms with Crippen LogP contribution in [0.4, 0.5) is 11.4 Å². The summed E-state index contributed by atoms with van der Waals surface area (Å²) in [6.07, 6.45) is 0. The quantitative estimate of drug-likeness (QED) is 0.333. The molecule has 3 rings (SSSR count). The predicted molar refractivity (Wildman–Crippen MR) is 98.0 cm³/mol. The first kappa shape index (κ1) is 17.7. The number of nitrogens with one attached hydrogen (secondary N) is 2. The molecular formula is C19H17N3O3. The fourth-order valence-corrected chi connectivity index (χ4v) is 2.11. The molecule has 2 N–H and O–H groups in total. The zero-order valence-electron chi connectivity index (χ0n) is 13.3. The molecule has 0 atom stereocenters. The van der Waals surface area contributed by atoms with E-state index in [2.05, 4.69) is 46.7 Å². The molecule has 0 heterocycles. The molecule has 0 saturated heterocycles. The second-order valence-corrected chi connectivity index (χ2v) is 4.95. The molecule has 0 aliphatic heterocycles. The highest BCUT2D eigenvalue weighted by molar-refractivity contribution is 6.04. The Labute approximate surface area is 145 Å². The molecule has 0 bridgehead atoms. The molecule has 3 aromatic rings. The van der Waals surface area contributed by atoms with Crippen molar-refractivity contribution in [3.8, 4) is 0 Å². The molecule has 0 spiro atoms. The molecular weight excluding hydrogens is 318 g/mol. The van der Waals surface area contributed by atoms with E-state index in [9.17, 15) is 0 Å². The maximum atomic E-state index is 8.25. The topological polar surface area (TPSA) is 92.2 Å². The van der Waals surface area contributed by atoms with Gasteiger partial charge in [0.1, 0.15) is 11.4 Å². The summed E-state index contributed by atoms with van der Waals surface area (Å²) in [6.45, 7) is 0. The Morgan fingerprint density at radius 3 is 1.72 bits per heavy atom. The summed E-state index contributed by atoms with van der Waals surface area (Å²) in [7, 11) is 0. The van der Waals surface area contributed by atoms with Gasteiger partial charge in [-0.2, -0.15) is 0 Å². The third-order valence-electron chi connectivity index (χ3n) is 3.15. The van der Waals surface area contributed by atoms with Gasteiger partial charge in [-0.15, -0.1) is 0 Å². The highest BCUT2D eigenvalue weighted by Crippen LogP contribution is 2.07. The summed E-state index contributed by atoms with van der Waals surface area (Å²) < 4.78 is 0. The number of anilines is 1. The second-order valence-electron chi connectivity index (χ2n) is 4.95. The number of hydrogen-bond donors (Lipinski definition) is 2. The van der Waals surface area contributed by atoms with E-state index < -0.39 is 5.09 Å². The maximum absolute atomic E-state index is 8.25. The molecule has 0 aliphatic rings. The number of para-hydroxylation sites is 2. The van der Waals surface area contributed by atoms with Crippen LogP contribution in [0.15, 0.2) is 91.0 Å². The molecule has 0 amide bonds. The van der Waals surface area contributed by atoms with Crippen molar-refractivity contribution in [1.29, 1.82) is 0 Å². The average molecular weight is 335 g/mol. The first-order chi connectivity index (χ1) is 12.1. The number of hydrogen-bond acceptors (Lipinski definition) is 3. The highest BCUT2D eigenvalue weighted by atomic mass is 16.9. The second kappa shape index (κ2) is 9.46. The Morgan fingerprint density at radius 2 is 1.20 bits per heavy atom. The number of amidine groups is 1. The summed E-state index contributed by atoms with van der Waals surface area (Å²) in [5, 5.41) is 18.2. The van der Waals surface area contributed by atoms with Crippen molar-refractivity contribution < 1.29 is 10.1 Å². The van der Waals surface area contributed by atoms with Crippen LogP contribution in [0.2, 0.25) is 0 Å². The first-order valence-corrected chi connectivity index (χ1v) is 7.53. The molecule has 126 valence electrons. The Balaban J connectivity index is 0.000000511. The van der Waals surface area contributed by atoms with E-state index in [-0.39, 0.29) is 0 Å². The van der Waals surface area contributed by atoms with Gasteiger partial charge in [0.05, 0.1) is 10.7 Å². The van der Waals surface area contributed by atoms with Crippen LogP contribution < -0.4 is 10.3 Å². The van der Waals surface area contributed by atoms with Crippen LogP contribution >= 0.6 is 0 Å². The van der Waals surface area contributed by atoms with Gasteiger partial charge in [0, 0.05) is 0 Å². The van der Waals surface area contributed by atoms with E-state index in [1.54, 1.807) is 0 Å². The van der Waals surface area contributed by atoms with Gasteiger partial charge in [-0.3, -0.25) is 0 Å². The molecule has 25 heavy (non-hydrogen) atoms. The SMILES string of the molecule is O=[N+]([O-])[O-].c1ccc(NC(=[NH+]c2ccccc2)c2ccccc2)cc1. The third-order valence-corrected chi connectivity index (χ3v) is 3.15. The van der Waals surface area contributed by atoms with Gasteiger partial charge >= 0.3 is 0 Å². The van der Waals surface area contributed by atoms with Crippen molar-refractivity contribution in [3.05, 3.63) is 112 Å². The van der Waals surface area contributed by atoms with Crippen LogP contribution in [0.3, 0.4) is 0 Å². The monoisotopic (exact) mass is 335 g/mol. The van der Waals surface area contributed by atoms with Crippen molar-refractivity contribution in [2.45, 2.75) is 0 Å². The fraction of sp³-hybridized carbons (Fsp3) is 0. The van der Waals surface area contributed by atoms with E-state index >= 15 is 0 Å². The molecule has 6 heteroatoms. The van der Waals surface area contributed by atoms with Crippen LogP contribution in [-0.4, -0.2) is 10.9 Å². The summed E-state index contributed by atoms with van der Waals surface area (Å²) >= 11 is 0. The van der Waals surface area contributed by atoms with Crippen molar-refractivity contribution in [2.75, 3.05) is 5.32 Å². The zero-order valence-corrected chi connectivity index (χ0v) is 13.3. The maximum Gasteiger partial charge on any atom is 0.285 e. The first-order valence-electron chi connectivity index (χ1n) is 7.53. The minimum absolute atomic E-state index is 0.966. The van der Waals surface area contributed by atoms with Gasteiger partial charge in [-0.05, 0) is 36.4 Å². The van der Waals surface area contributed by atoms with Gasteiger partial charge in [0.25, 0.3) is 5.84 Å². The highest BCUT2D eigenvalue weighted by Gasteiger charge is 2.11. The molecule has 3 aromatic carbocycles. The number of rotatable bonds is 3. The lowest BCUT2D eigenvalue weighted by Gasteiger charge is -2.03. The Bertz CT molecular complexity index is 803. The minimum atomic E-state index is -1.75. The van der Waals surface area contributed by atoms with Crippen molar-refractivity contribution in [1.82, 2.24) is 0 Å². The Morgan fingerprint density at radius 1 is 0.760 bits per heavy atom. The molecule has 0 saturated carbocycles. The summed E-state index contributed by atoms with van der Waals surface area (Å²) in [4.78, 5) is 11.7. The lowest BCUT2D eigenvalue weighted by molar-refractivity contribution is -0.402. The molecule has 0 unspecified atom stereocenters. The van der Waals surface area contributed by atoms with Crippen LogP contribution in [0.25, 0.3) is 0 Å². The van der Waals surface area contributed by atoms with Crippen molar-refractivity contribution >= 4 is 17.2 Å². The normalized spacial score (nSPS) is 10.3. The fourth-order valence-electron chi connectivity index (χ4n) is 2.11. The average Bonchev–Trinajstić information content (AvgIpc) is 2.63. The van der Waals surface area contributed by atoms with Crippen LogP contribution in [-0.2, 0) is 0 Å². The number of nitrogens with zero attached hydrogens (tertiary/aromatic N) is 1. The summed E-state index contributed by atoms with van der Waals surface area (Å²) in [6, 6.07) is 30.6. The van der Waals surface area contributed by atoms with E-state index in [0.29, 0.717) is 0 Å². The van der Waals surface area contributed by atoms with Gasteiger partial charge in [-0.1, -0.05) is 54.6 Å². The van der Waals surface area contributed by atoms with Crippen LogP contribution in [0.5, 0.6) is 0 Å². The van der Waals surface area contributed by atoms with E-state index in [1.807, 2.05) is 54.6 Å². The molecule has 0 aliphatic carbocycles.